The minimum Gasteiger partial charge on any atom is -0.393 e. The van der Waals surface area contributed by atoms with Gasteiger partial charge in [-0.05, 0) is 32.7 Å². The number of amides is 1. The van der Waals surface area contributed by atoms with Gasteiger partial charge in [0.05, 0.1) is 18.3 Å². The molecule has 128 valence electrons. The number of hydrogen-bond donors (Lipinski definition) is 1. The molecule has 0 unspecified atom stereocenters. The Labute approximate surface area is 141 Å². The Kier molecular flexibility index (Phi) is 5.18. The van der Waals surface area contributed by atoms with E-state index in [0.717, 1.165) is 10.8 Å². The third-order valence-corrected chi connectivity index (χ3v) is 5.57. The van der Waals surface area contributed by atoms with E-state index in [9.17, 15) is 9.90 Å². The van der Waals surface area contributed by atoms with Crippen LogP contribution in [0, 0.1) is 0 Å². The SMILES string of the molecule is CN(CC(=O)N1CCC(O)CC1)Cc1csc(N(C)C2CC2)n1. The van der Waals surface area contributed by atoms with Crippen LogP contribution in [0.1, 0.15) is 31.4 Å². The zero-order valence-electron chi connectivity index (χ0n) is 13.9. The lowest BCUT2D eigenvalue weighted by Gasteiger charge is -2.30. The van der Waals surface area contributed by atoms with Crippen molar-refractivity contribution in [2.75, 3.05) is 38.6 Å². The number of carbonyl (C=O) groups is 1. The molecule has 0 spiro atoms. The summed E-state index contributed by atoms with van der Waals surface area (Å²) in [4.78, 5) is 23.1. The summed E-state index contributed by atoms with van der Waals surface area (Å²) in [5.74, 6) is 0.143. The molecule has 2 fully saturated rings. The smallest absolute Gasteiger partial charge is 0.236 e. The van der Waals surface area contributed by atoms with Crippen LogP contribution in [0.4, 0.5) is 5.13 Å². The second-order valence-electron chi connectivity index (χ2n) is 6.75. The number of carbonyl (C=O) groups excluding carboxylic acids is 1. The van der Waals surface area contributed by atoms with Gasteiger partial charge < -0.3 is 14.9 Å². The highest BCUT2D eigenvalue weighted by atomic mass is 32.1. The fourth-order valence-corrected chi connectivity index (χ4v) is 3.78. The molecule has 1 aliphatic carbocycles. The molecule has 6 nitrogen and oxygen atoms in total. The number of likely N-dealkylation sites (N-methyl/N-ethyl adjacent to an activating group) is 1. The first kappa shape index (κ1) is 16.7. The lowest BCUT2D eigenvalue weighted by Crippen LogP contribution is -2.44. The zero-order valence-corrected chi connectivity index (χ0v) is 14.8. The summed E-state index contributed by atoms with van der Waals surface area (Å²) in [6.07, 6.45) is 3.68. The lowest BCUT2D eigenvalue weighted by atomic mass is 10.1. The molecule has 1 aromatic heterocycles. The van der Waals surface area contributed by atoms with Crippen molar-refractivity contribution in [3.8, 4) is 0 Å². The molecule has 0 bridgehead atoms. The highest BCUT2D eigenvalue weighted by Crippen LogP contribution is 2.32. The predicted molar refractivity (Wildman–Crippen MR) is 91.7 cm³/mol. The van der Waals surface area contributed by atoms with Crippen molar-refractivity contribution in [2.45, 2.75) is 44.4 Å². The Balaban J connectivity index is 1.47. The number of likely N-dealkylation sites (tertiary alicyclic amines) is 1. The monoisotopic (exact) mass is 338 g/mol. The van der Waals surface area contributed by atoms with Crippen molar-refractivity contribution >= 4 is 22.4 Å². The first-order chi connectivity index (χ1) is 11.0. The molecule has 0 atom stereocenters. The topological polar surface area (TPSA) is 59.9 Å². The lowest BCUT2D eigenvalue weighted by molar-refractivity contribution is -0.134. The van der Waals surface area contributed by atoms with E-state index < -0.39 is 0 Å². The summed E-state index contributed by atoms with van der Waals surface area (Å²) in [6.45, 7) is 2.43. The van der Waals surface area contributed by atoms with Gasteiger partial charge in [-0.1, -0.05) is 0 Å². The molecule has 0 radical (unpaired) electrons. The number of rotatable bonds is 6. The van der Waals surface area contributed by atoms with Crippen LogP contribution in [-0.2, 0) is 11.3 Å². The molecule has 7 heteroatoms. The molecule has 1 saturated carbocycles. The van der Waals surface area contributed by atoms with Gasteiger partial charge in [0.25, 0.3) is 0 Å². The first-order valence-corrected chi connectivity index (χ1v) is 9.22. The van der Waals surface area contributed by atoms with E-state index in [0.29, 0.717) is 45.1 Å². The van der Waals surface area contributed by atoms with Gasteiger partial charge in [0.2, 0.25) is 5.91 Å². The van der Waals surface area contributed by atoms with Crippen molar-refractivity contribution < 1.29 is 9.90 Å². The van der Waals surface area contributed by atoms with Crippen LogP contribution >= 0.6 is 11.3 Å². The Bertz CT molecular complexity index is 538. The number of nitrogens with zero attached hydrogens (tertiary/aromatic N) is 4. The molecule has 2 heterocycles. The predicted octanol–water partition coefficient (Wildman–Crippen LogP) is 1.16. The number of thiazole rings is 1. The van der Waals surface area contributed by atoms with Crippen LogP contribution in [0.3, 0.4) is 0 Å². The van der Waals surface area contributed by atoms with Crippen molar-refractivity contribution in [3.63, 3.8) is 0 Å². The van der Waals surface area contributed by atoms with Gasteiger partial charge in [0.1, 0.15) is 0 Å². The summed E-state index contributed by atoms with van der Waals surface area (Å²) in [6, 6.07) is 0.669. The molecule has 1 aliphatic heterocycles. The van der Waals surface area contributed by atoms with Gasteiger partial charge in [0, 0.05) is 38.1 Å². The fraction of sp³-hybridized carbons (Fsp3) is 0.750. The zero-order chi connectivity index (χ0) is 16.4. The van der Waals surface area contributed by atoms with Gasteiger partial charge in [-0.3, -0.25) is 9.69 Å². The average molecular weight is 338 g/mol. The van der Waals surface area contributed by atoms with Crippen molar-refractivity contribution in [1.82, 2.24) is 14.8 Å². The van der Waals surface area contributed by atoms with Crippen LogP contribution < -0.4 is 4.90 Å². The number of aliphatic hydroxyl groups is 1. The fourth-order valence-electron chi connectivity index (χ4n) is 2.93. The maximum absolute atomic E-state index is 12.3. The molecule has 1 saturated heterocycles. The van der Waals surface area contributed by atoms with Crippen LogP contribution in [0.25, 0.3) is 0 Å². The molecule has 3 rings (SSSR count). The maximum Gasteiger partial charge on any atom is 0.236 e. The summed E-state index contributed by atoms with van der Waals surface area (Å²) in [7, 11) is 4.07. The Morgan fingerprint density at radius 2 is 2.04 bits per heavy atom. The molecule has 2 aliphatic rings. The van der Waals surface area contributed by atoms with E-state index in [4.69, 9.17) is 0 Å². The molecule has 1 aromatic rings. The summed E-state index contributed by atoms with van der Waals surface area (Å²) < 4.78 is 0. The minimum atomic E-state index is -0.242. The van der Waals surface area contributed by atoms with Gasteiger partial charge in [0.15, 0.2) is 5.13 Å². The second kappa shape index (κ2) is 7.15. The van der Waals surface area contributed by atoms with E-state index in [1.807, 2.05) is 16.8 Å². The van der Waals surface area contributed by atoms with E-state index in [1.165, 1.54) is 12.8 Å². The van der Waals surface area contributed by atoms with Gasteiger partial charge >= 0.3 is 0 Å². The summed E-state index contributed by atoms with van der Waals surface area (Å²) >= 11 is 1.68. The first-order valence-electron chi connectivity index (χ1n) is 8.34. The number of piperidine rings is 1. The van der Waals surface area contributed by atoms with Crippen molar-refractivity contribution in [3.05, 3.63) is 11.1 Å². The molecule has 23 heavy (non-hydrogen) atoms. The van der Waals surface area contributed by atoms with Crippen LogP contribution in [0.15, 0.2) is 5.38 Å². The van der Waals surface area contributed by atoms with Crippen molar-refractivity contribution in [1.29, 1.82) is 0 Å². The molecule has 0 aromatic carbocycles. The van der Waals surface area contributed by atoms with Gasteiger partial charge in [-0.25, -0.2) is 4.98 Å². The van der Waals surface area contributed by atoms with Crippen LogP contribution in [-0.4, -0.2) is 71.7 Å². The highest BCUT2D eigenvalue weighted by molar-refractivity contribution is 7.13. The summed E-state index contributed by atoms with van der Waals surface area (Å²) in [5, 5.41) is 12.7. The second-order valence-corrected chi connectivity index (χ2v) is 7.58. The van der Waals surface area contributed by atoms with Crippen molar-refractivity contribution in [2.24, 2.45) is 0 Å². The third kappa shape index (κ3) is 4.43. The Hall–Kier alpha value is -1.18. The van der Waals surface area contributed by atoms with Crippen LogP contribution in [0.5, 0.6) is 0 Å². The minimum absolute atomic E-state index is 0.143. The van der Waals surface area contributed by atoms with E-state index in [-0.39, 0.29) is 12.0 Å². The van der Waals surface area contributed by atoms with Gasteiger partial charge in [-0.15, -0.1) is 11.3 Å². The third-order valence-electron chi connectivity index (χ3n) is 4.59. The standard InChI is InChI=1S/C16H26N4O2S/c1-18(10-15(22)20-7-5-14(21)6-8-20)9-12-11-23-16(17-12)19(2)13-3-4-13/h11,13-14,21H,3-10H2,1-2H3. The molecule has 1 N–H and O–H groups in total. The number of aliphatic hydroxyl groups excluding tert-OH is 1. The molecular weight excluding hydrogens is 312 g/mol. The maximum atomic E-state index is 12.3. The quantitative estimate of drug-likeness (QED) is 0.843. The normalized spacial score (nSPS) is 19.4. The van der Waals surface area contributed by atoms with Crippen LogP contribution in [0.2, 0.25) is 0 Å². The van der Waals surface area contributed by atoms with E-state index >= 15 is 0 Å². The highest BCUT2D eigenvalue weighted by Gasteiger charge is 2.28. The summed E-state index contributed by atoms with van der Waals surface area (Å²) in [5.41, 5.74) is 1.03. The number of hydrogen-bond acceptors (Lipinski definition) is 6. The molecule has 1 amide bonds. The Morgan fingerprint density at radius 1 is 1.35 bits per heavy atom. The average Bonchev–Trinajstić information content (AvgIpc) is 3.27. The van der Waals surface area contributed by atoms with E-state index in [2.05, 4.69) is 22.3 Å². The van der Waals surface area contributed by atoms with E-state index in [1.54, 1.807) is 11.3 Å². The Morgan fingerprint density at radius 3 is 2.70 bits per heavy atom. The van der Waals surface area contributed by atoms with Gasteiger partial charge in [-0.2, -0.15) is 0 Å². The largest absolute Gasteiger partial charge is 0.393 e. The number of aromatic nitrogens is 1. The number of anilines is 1. The molecular formula is C16H26N4O2S.